The molecule has 1 rings (SSSR count). The fraction of sp³-hybridized carbons (Fsp3) is 0.826. The van der Waals surface area contributed by atoms with Crippen molar-refractivity contribution in [3.8, 4) is 0 Å². The Kier molecular flexibility index (Phi) is 9.95. The van der Waals surface area contributed by atoms with Gasteiger partial charge in [-0.15, -0.1) is 0 Å². The number of rotatable bonds is 10. The topological polar surface area (TPSA) is 52.9 Å². The van der Waals surface area contributed by atoms with Gasteiger partial charge in [-0.05, 0) is 56.8 Å². The van der Waals surface area contributed by atoms with Crippen molar-refractivity contribution in [1.82, 2.24) is 5.01 Å². The highest BCUT2D eigenvalue weighted by Gasteiger charge is 2.39. The molecule has 1 fully saturated rings. The van der Waals surface area contributed by atoms with E-state index < -0.39 is 14.0 Å². The van der Waals surface area contributed by atoms with Crippen molar-refractivity contribution < 1.29 is 9.90 Å². The maximum atomic E-state index is 12.2. The van der Waals surface area contributed by atoms with Gasteiger partial charge in [0.05, 0.1) is 14.0 Å². The van der Waals surface area contributed by atoms with Crippen LogP contribution in [0.2, 0.25) is 19.6 Å². The Bertz CT molecular complexity index is 563. The first-order valence-electron chi connectivity index (χ1n) is 11.1. The van der Waals surface area contributed by atoms with E-state index in [1.54, 1.807) is 0 Å². The molecule has 162 valence electrons. The van der Waals surface area contributed by atoms with Crippen molar-refractivity contribution in [3.63, 3.8) is 0 Å². The average molecular weight is 409 g/mol. The minimum absolute atomic E-state index is 0.211. The predicted molar refractivity (Wildman–Crippen MR) is 123 cm³/mol. The summed E-state index contributed by atoms with van der Waals surface area (Å²) in [7, 11) is 2.48. The highest BCUT2D eigenvalue weighted by molar-refractivity contribution is 6.81. The maximum Gasteiger partial charge on any atom is 0.307 e. The Hall–Kier alpha value is -1.10. The van der Waals surface area contributed by atoms with Crippen LogP contribution in [0.1, 0.15) is 65.7 Å². The molecule has 1 aliphatic carbocycles. The summed E-state index contributed by atoms with van der Waals surface area (Å²) in [5.41, 5.74) is 5.17. The van der Waals surface area contributed by atoms with E-state index in [2.05, 4.69) is 51.2 Å². The molecular weight excluding hydrogens is 364 g/mol. The first-order chi connectivity index (χ1) is 13.0. The summed E-state index contributed by atoms with van der Waals surface area (Å²) in [6, 6.07) is 0. The molecule has 0 aliphatic heterocycles. The Morgan fingerprint density at radius 3 is 2.46 bits per heavy atom. The minimum Gasteiger partial charge on any atom is -0.481 e. The fourth-order valence-corrected chi connectivity index (χ4v) is 6.12. The second-order valence-corrected chi connectivity index (χ2v) is 15.1. The van der Waals surface area contributed by atoms with Gasteiger partial charge in [0.1, 0.15) is 0 Å². The van der Waals surface area contributed by atoms with Crippen molar-refractivity contribution in [3.05, 3.63) is 11.3 Å². The predicted octanol–water partition coefficient (Wildman–Crippen LogP) is 6.06. The van der Waals surface area contributed by atoms with Gasteiger partial charge < -0.3 is 10.1 Å². The van der Waals surface area contributed by atoms with Crippen LogP contribution in [0.4, 0.5) is 0 Å². The van der Waals surface area contributed by atoms with Gasteiger partial charge in [-0.3, -0.25) is 4.79 Å². The summed E-state index contributed by atoms with van der Waals surface area (Å²) in [4.78, 5) is 12.2. The Balaban J connectivity index is 3.19. The number of carboxylic acids is 1. The van der Waals surface area contributed by atoms with E-state index >= 15 is 0 Å². The van der Waals surface area contributed by atoms with Gasteiger partial charge >= 0.3 is 5.97 Å². The molecule has 1 saturated carbocycles. The first-order valence-corrected chi connectivity index (χ1v) is 14.7. The van der Waals surface area contributed by atoms with E-state index in [0.717, 1.165) is 50.7 Å². The second-order valence-electron chi connectivity index (χ2n) is 10.1. The number of carboxylic acid groups (broad SMARTS) is 1. The molecular formula is C23H44N2O2Si. The third-order valence-corrected chi connectivity index (χ3v) is 7.13. The van der Waals surface area contributed by atoms with E-state index in [0.29, 0.717) is 11.8 Å². The zero-order valence-electron chi connectivity index (χ0n) is 19.6. The molecule has 0 amide bonds. The van der Waals surface area contributed by atoms with Crippen LogP contribution < -0.4 is 0 Å². The molecule has 4 atom stereocenters. The number of carbonyl (C=O) groups is 1. The maximum absolute atomic E-state index is 12.2. The van der Waals surface area contributed by atoms with Crippen LogP contribution in [0.25, 0.3) is 0 Å². The quantitative estimate of drug-likeness (QED) is 0.271. The number of aliphatic carboxylic acids is 1. The van der Waals surface area contributed by atoms with Gasteiger partial charge in [0, 0.05) is 19.8 Å². The molecule has 0 radical (unpaired) electrons. The Morgan fingerprint density at radius 1 is 1.32 bits per heavy atom. The largest absolute Gasteiger partial charge is 0.481 e. The lowest BCUT2D eigenvalue weighted by atomic mass is 9.65. The molecule has 0 aromatic rings. The van der Waals surface area contributed by atoms with Crippen LogP contribution in [0.15, 0.2) is 16.4 Å². The number of hydrazone groups is 1. The summed E-state index contributed by atoms with van der Waals surface area (Å²) >= 11 is 0. The van der Waals surface area contributed by atoms with Crippen LogP contribution in [0, 0.1) is 23.7 Å². The van der Waals surface area contributed by atoms with Gasteiger partial charge in [0.15, 0.2) is 0 Å². The lowest BCUT2D eigenvalue weighted by molar-refractivity contribution is -0.144. The molecule has 0 heterocycles. The Labute approximate surface area is 174 Å². The summed E-state index contributed by atoms with van der Waals surface area (Å²) in [5, 5.41) is 16.4. The number of hydrogen-bond donors (Lipinski definition) is 1. The highest BCUT2D eigenvalue weighted by atomic mass is 28.3. The molecule has 0 unspecified atom stereocenters. The SMILES string of the molecule is CCCC[C@@H](C(=O)O)[C@@H]1CC[C@@H](C)[C@H](CC/C(C)=N/N(C)C)/C1=C\[Si](C)(C)C. The van der Waals surface area contributed by atoms with E-state index in [9.17, 15) is 9.90 Å². The summed E-state index contributed by atoms with van der Waals surface area (Å²) in [6.45, 7) is 13.7. The second kappa shape index (κ2) is 11.2. The summed E-state index contributed by atoms with van der Waals surface area (Å²) in [5.74, 6) is 0.489. The van der Waals surface area contributed by atoms with Gasteiger partial charge in [-0.2, -0.15) is 5.10 Å². The zero-order chi connectivity index (χ0) is 21.5. The van der Waals surface area contributed by atoms with Crippen LogP contribution in [-0.2, 0) is 4.79 Å². The average Bonchev–Trinajstić information content (AvgIpc) is 2.54. The normalized spacial score (nSPS) is 26.4. The van der Waals surface area contributed by atoms with E-state index in [1.807, 2.05) is 19.1 Å². The molecule has 28 heavy (non-hydrogen) atoms. The van der Waals surface area contributed by atoms with Crippen LogP contribution in [-0.4, -0.2) is 44.0 Å². The highest BCUT2D eigenvalue weighted by Crippen LogP contribution is 2.45. The van der Waals surface area contributed by atoms with Crippen molar-refractivity contribution >= 4 is 19.8 Å². The number of unbranched alkanes of at least 4 members (excludes halogenated alkanes) is 1. The van der Waals surface area contributed by atoms with Crippen molar-refractivity contribution in [2.75, 3.05) is 14.1 Å². The monoisotopic (exact) mass is 408 g/mol. The zero-order valence-corrected chi connectivity index (χ0v) is 20.6. The van der Waals surface area contributed by atoms with Crippen molar-refractivity contribution in [1.29, 1.82) is 0 Å². The fourth-order valence-electron chi connectivity index (χ4n) is 4.69. The minimum atomic E-state index is -1.45. The smallest absolute Gasteiger partial charge is 0.307 e. The number of allylic oxidation sites excluding steroid dienone is 1. The van der Waals surface area contributed by atoms with Gasteiger partial charge in [-0.25, -0.2) is 0 Å². The first kappa shape index (κ1) is 24.9. The van der Waals surface area contributed by atoms with E-state index in [4.69, 9.17) is 0 Å². The summed E-state index contributed by atoms with van der Waals surface area (Å²) in [6.07, 6.45) is 7.10. The van der Waals surface area contributed by atoms with Crippen molar-refractivity contribution in [2.24, 2.45) is 28.8 Å². The lowest BCUT2D eigenvalue weighted by Gasteiger charge is -2.41. The molecule has 0 aromatic heterocycles. The molecule has 5 heteroatoms. The molecule has 0 aromatic carbocycles. The third-order valence-electron chi connectivity index (χ3n) is 5.94. The van der Waals surface area contributed by atoms with Crippen LogP contribution in [0.3, 0.4) is 0 Å². The Morgan fingerprint density at radius 2 is 1.96 bits per heavy atom. The van der Waals surface area contributed by atoms with Crippen molar-refractivity contribution in [2.45, 2.75) is 85.4 Å². The third kappa shape index (κ3) is 8.10. The van der Waals surface area contributed by atoms with Gasteiger partial charge in [-0.1, -0.05) is 57.6 Å². The molecule has 1 aliphatic rings. The molecule has 0 bridgehead atoms. The number of hydrogen-bond acceptors (Lipinski definition) is 3. The molecule has 4 nitrogen and oxygen atoms in total. The summed E-state index contributed by atoms with van der Waals surface area (Å²) < 4.78 is 0. The number of nitrogens with zero attached hydrogens (tertiary/aromatic N) is 2. The van der Waals surface area contributed by atoms with Crippen LogP contribution >= 0.6 is 0 Å². The van der Waals surface area contributed by atoms with Gasteiger partial charge in [0.2, 0.25) is 0 Å². The van der Waals surface area contributed by atoms with E-state index in [-0.39, 0.29) is 11.8 Å². The molecule has 0 saturated heterocycles. The van der Waals surface area contributed by atoms with E-state index in [1.165, 1.54) is 5.57 Å². The standard InChI is InChI=1S/C23H44N2O2Si/c1-9-10-11-21(23(26)27)20-14-12-17(2)19(22(20)16-28(6,7)8)15-13-18(3)24-25(4)5/h16-17,19-21H,9-15H2,1-8H3,(H,26,27)/b22-16+,24-18+/t17-,19+,20+,21-/m1/s1. The lowest BCUT2D eigenvalue weighted by Crippen LogP contribution is -2.36. The molecule has 0 spiro atoms. The van der Waals surface area contributed by atoms with Gasteiger partial charge in [0.25, 0.3) is 0 Å². The molecule has 1 N–H and O–H groups in total. The van der Waals surface area contributed by atoms with Crippen LogP contribution in [0.5, 0.6) is 0 Å².